The van der Waals surface area contributed by atoms with Gasteiger partial charge in [-0.1, -0.05) is 12.1 Å². The van der Waals surface area contributed by atoms with Gasteiger partial charge in [-0.3, -0.25) is 4.79 Å². The molecule has 4 rings (SSSR count). The van der Waals surface area contributed by atoms with Crippen LogP contribution in [0, 0.1) is 5.92 Å². The second-order valence-electron chi connectivity index (χ2n) is 7.67. The number of ether oxygens (including phenoxy) is 1. The summed E-state index contributed by atoms with van der Waals surface area (Å²) in [6.07, 6.45) is 1.14. The SMILES string of the molecule is O=C(Nc1cccc(S(=O)(=O)N2CCOCC2)c1)[C@H]1CCCN(S(=O)(=O)c2cccs2)C1. The Hall–Kier alpha value is -1.83. The van der Waals surface area contributed by atoms with Crippen molar-refractivity contribution in [3.8, 4) is 0 Å². The monoisotopic (exact) mass is 499 g/mol. The Morgan fingerprint density at radius 1 is 1.00 bits per heavy atom. The second kappa shape index (κ2) is 9.57. The molecule has 0 bridgehead atoms. The lowest BCUT2D eigenvalue weighted by molar-refractivity contribution is -0.120. The minimum atomic E-state index is -3.68. The fourth-order valence-corrected chi connectivity index (χ4v) is 7.95. The number of piperidine rings is 1. The average molecular weight is 500 g/mol. The first-order valence-corrected chi connectivity index (χ1v) is 14.1. The maximum atomic E-state index is 12.9. The van der Waals surface area contributed by atoms with Gasteiger partial charge in [0.1, 0.15) is 4.21 Å². The van der Waals surface area contributed by atoms with Crippen LogP contribution in [0.25, 0.3) is 0 Å². The molecule has 12 heteroatoms. The highest BCUT2D eigenvalue weighted by atomic mass is 32.2. The van der Waals surface area contributed by atoms with E-state index in [1.807, 2.05) is 0 Å². The van der Waals surface area contributed by atoms with Crippen molar-refractivity contribution in [1.82, 2.24) is 8.61 Å². The minimum Gasteiger partial charge on any atom is -0.379 e. The molecule has 3 heterocycles. The first-order valence-electron chi connectivity index (χ1n) is 10.3. The maximum absolute atomic E-state index is 12.9. The molecule has 0 spiro atoms. The molecule has 2 aliphatic rings. The zero-order valence-electron chi connectivity index (χ0n) is 17.3. The quantitative estimate of drug-likeness (QED) is 0.649. The molecule has 1 amide bonds. The van der Waals surface area contributed by atoms with Crippen molar-refractivity contribution in [2.24, 2.45) is 5.92 Å². The van der Waals surface area contributed by atoms with Gasteiger partial charge in [0, 0.05) is 31.9 Å². The van der Waals surface area contributed by atoms with Gasteiger partial charge < -0.3 is 10.1 Å². The first-order chi connectivity index (χ1) is 15.3. The van der Waals surface area contributed by atoms with Crippen molar-refractivity contribution < 1.29 is 26.4 Å². The Morgan fingerprint density at radius 2 is 1.78 bits per heavy atom. The smallest absolute Gasteiger partial charge is 0.252 e. The number of benzene rings is 1. The summed E-state index contributed by atoms with van der Waals surface area (Å²) >= 11 is 1.15. The van der Waals surface area contributed by atoms with Gasteiger partial charge in [0.2, 0.25) is 15.9 Å². The number of rotatable bonds is 6. The van der Waals surface area contributed by atoms with Crippen LogP contribution in [0.1, 0.15) is 12.8 Å². The van der Waals surface area contributed by atoms with E-state index in [9.17, 15) is 21.6 Å². The topological polar surface area (TPSA) is 113 Å². The third-order valence-corrected chi connectivity index (χ3v) is 10.7. The number of sulfonamides is 2. The number of hydrogen-bond donors (Lipinski definition) is 1. The zero-order chi connectivity index (χ0) is 22.8. The van der Waals surface area contributed by atoms with Crippen molar-refractivity contribution >= 4 is 43.0 Å². The Bertz CT molecular complexity index is 1160. The molecular weight excluding hydrogens is 474 g/mol. The van der Waals surface area contributed by atoms with E-state index in [1.165, 1.54) is 20.7 Å². The van der Waals surface area contributed by atoms with Crippen LogP contribution in [0.2, 0.25) is 0 Å². The van der Waals surface area contributed by atoms with Crippen molar-refractivity contribution in [3.05, 3.63) is 41.8 Å². The number of nitrogens with one attached hydrogen (secondary N) is 1. The second-order valence-corrected chi connectivity index (χ2v) is 12.7. The summed E-state index contributed by atoms with van der Waals surface area (Å²) < 4.78 is 59.6. The summed E-state index contributed by atoms with van der Waals surface area (Å²) in [6.45, 7) is 1.74. The highest BCUT2D eigenvalue weighted by Gasteiger charge is 2.34. The summed E-state index contributed by atoms with van der Waals surface area (Å²) in [5.74, 6) is -0.838. The molecule has 1 aromatic heterocycles. The van der Waals surface area contributed by atoms with E-state index in [4.69, 9.17) is 4.74 Å². The van der Waals surface area contributed by atoms with Crippen LogP contribution in [0.3, 0.4) is 0 Å². The lowest BCUT2D eigenvalue weighted by Crippen LogP contribution is -2.43. The van der Waals surface area contributed by atoms with E-state index in [0.717, 1.165) is 11.3 Å². The normalized spacial score (nSPS) is 21.3. The first kappa shape index (κ1) is 23.3. The summed E-state index contributed by atoms with van der Waals surface area (Å²) in [6, 6.07) is 9.38. The molecule has 1 aromatic carbocycles. The summed E-state index contributed by atoms with van der Waals surface area (Å²) in [5.41, 5.74) is 0.363. The predicted octanol–water partition coefficient (Wildman–Crippen LogP) is 1.81. The average Bonchev–Trinajstić information content (AvgIpc) is 3.36. The molecule has 1 atom stereocenters. The number of carbonyl (C=O) groups is 1. The maximum Gasteiger partial charge on any atom is 0.252 e. The number of carbonyl (C=O) groups excluding carboxylic acids is 1. The van der Waals surface area contributed by atoms with Crippen LogP contribution >= 0.6 is 11.3 Å². The Morgan fingerprint density at radius 3 is 2.50 bits per heavy atom. The molecule has 174 valence electrons. The van der Waals surface area contributed by atoms with Crippen molar-refractivity contribution in [2.75, 3.05) is 44.7 Å². The van der Waals surface area contributed by atoms with E-state index < -0.39 is 26.0 Å². The van der Waals surface area contributed by atoms with E-state index in [-0.39, 0.29) is 34.6 Å². The van der Waals surface area contributed by atoms with E-state index in [0.29, 0.717) is 38.3 Å². The van der Waals surface area contributed by atoms with Gasteiger partial charge in [-0.15, -0.1) is 11.3 Å². The fourth-order valence-electron chi connectivity index (χ4n) is 3.83. The predicted molar refractivity (Wildman–Crippen MR) is 120 cm³/mol. The van der Waals surface area contributed by atoms with Gasteiger partial charge in [-0.25, -0.2) is 16.8 Å². The van der Waals surface area contributed by atoms with Crippen molar-refractivity contribution in [1.29, 1.82) is 0 Å². The van der Waals surface area contributed by atoms with Gasteiger partial charge >= 0.3 is 0 Å². The Kier molecular flexibility index (Phi) is 6.98. The van der Waals surface area contributed by atoms with Crippen LogP contribution in [-0.4, -0.2) is 70.7 Å². The van der Waals surface area contributed by atoms with Gasteiger partial charge in [-0.2, -0.15) is 8.61 Å². The molecule has 2 saturated heterocycles. The number of thiophene rings is 1. The molecule has 0 aliphatic carbocycles. The highest BCUT2D eigenvalue weighted by molar-refractivity contribution is 7.91. The van der Waals surface area contributed by atoms with Crippen molar-refractivity contribution in [3.63, 3.8) is 0 Å². The lowest BCUT2D eigenvalue weighted by atomic mass is 9.99. The minimum absolute atomic E-state index is 0.0951. The molecule has 2 aromatic rings. The number of hydrogen-bond acceptors (Lipinski definition) is 7. The van der Waals surface area contributed by atoms with Gasteiger partial charge in [0.05, 0.1) is 24.0 Å². The largest absolute Gasteiger partial charge is 0.379 e. The molecule has 0 unspecified atom stereocenters. The Labute approximate surface area is 192 Å². The molecule has 1 N–H and O–H groups in total. The fraction of sp³-hybridized carbons (Fsp3) is 0.450. The number of nitrogens with zero attached hydrogens (tertiary/aromatic N) is 2. The number of morpholine rings is 1. The van der Waals surface area contributed by atoms with Crippen LogP contribution < -0.4 is 5.32 Å². The van der Waals surface area contributed by atoms with E-state index in [2.05, 4.69) is 5.32 Å². The lowest BCUT2D eigenvalue weighted by Gasteiger charge is -2.30. The van der Waals surface area contributed by atoms with E-state index in [1.54, 1.807) is 29.6 Å². The third-order valence-electron chi connectivity index (χ3n) is 5.55. The van der Waals surface area contributed by atoms with Crippen LogP contribution in [-0.2, 0) is 29.6 Å². The van der Waals surface area contributed by atoms with Gasteiger partial charge in [0.15, 0.2) is 0 Å². The number of amides is 1. The van der Waals surface area contributed by atoms with Crippen LogP contribution in [0.4, 0.5) is 5.69 Å². The zero-order valence-corrected chi connectivity index (χ0v) is 19.8. The van der Waals surface area contributed by atoms with Crippen LogP contribution in [0.5, 0.6) is 0 Å². The van der Waals surface area contributed by atoms with Crippen LogP contribution in [0.15, 0.2) is 50.9 Å². The number of anilines is 1. The van der Waals surface area contributed by atoms with Crippen molar-refractivity contribution in [2.45, 2.75) is 21.9 Å². The van der Waals surface area contributed by atoms with Gasteiger partial charge in [-0.05, 0) is 42.5 Å². The molecular formula is C20H25N3O6S3. The van der Waals surface area contributed by atoms with Gasteiger partial charge in [0.25, 0.3) is 10.0 Å². The molecule has 0 saturated carbocycles. The molecule has 32 heavy (non-hydrogen) atoms. The summed E-state index contributed by atoms with van der Waals surface area (Å²) in [7, 11) is -7.30. The molecule has 9 nitrogen and oxygen atoms in total. The van der Waals surface area contributed by atoms with E-state index >= 15 is 0 Å². The summed E-state index contributed by atoms with van der Waals surface area (Å²) in [5, 5.41) is 4.48. The molecule has 0 radical (unpaired) electrons. The Balaban J connectivity index is 1.45. The molecule has 2 aliphatic heterocycles. The third kappa shape index (κ3) is 4.90. The standard InChI is InChI=1S/C20H25N3O6S3/c24-20(16-4-2-8-23(15-16)32(27,28)19-7-3-13-30-19)21-17-5-1-6-18(14-17)31(25,26)22-9-11-29-12-10-22/h1,3,5-7,13-14,16H,2,4,8-12,15H2,(H,21,24)/t16-/m0/s1. The highest BCUT2D eigenvalue weighted by Crippen LogP contribution is 2.27. The summed E-state index contributed by atoms with van der Waals surface area (Å²) in [4.78, 5) is 13.0. The molecule has 2 fully saturated rings.